The zero-order valence-electron chi connectivity index (χ0n) is 11.3. The van der Waals surface area contributed by atoms with E-state index in [2.05, 4.69) is 5.28 Å². The molecular formula is C9H17N4NaO4. The van der Waals surface area contributed by atoms with E-state index in [4.69, 9.17) is 4.74 Å². The molecule has 1 amide bonds. The molecule has 0 aliphatic carbocycles. The average molecular weight is 268 g/mol. The summed E-state index contributed by atoms with van der Waals surface area (Å²) in [5.74, 6) is 0. The Kier molecular flexibility index (Phi) is 6.72. The summed E-state index contributed by atoms with van der Waals surface area (Å²) in [5, 5.41) is 24.4. The van der Waals surface area contributed by atoms with Crippen LogP contribution in [-0.4, -0.2) is 52.8 Å². The minimum atomic E-state index is -0.539. The van der Waals surface area contributed by atoms with Crippen LogP contribution in [0, 0.1) is 10.4 Å². The van der Waals surface area contributed by atoms with E-state index in [0.29, 0.717) is 13.1 Å². The summed E-state index contributed by atoms with van der Waals surface area (Å²) in [6.07, 6.45) is -0.409. The molecule has 0 aromatic heterocycles. The molecule has 0 bridgehead atoms. The Bertz CT molecular complexity index is 310. The smallest absolute Gasteiger partial charge is 0.737 e. The zero-order valence-corrected chi connectivity index (χ0v) is 13.3. The molecule has 1 fully saturated rings. The first-order valence-corrected chi connectivity index (χ1v) is 5.37. The maximum absolute atomic E-state index is 11.7. The molecule has 9 heteroatoms. The van der Waals surface area contributed by atoms with Crippen molar-refractivity contribution in [3.8, 4) is 0 Å². The number of ether oxygens (including phenoxy) is 1. The number of carbonyl (C=O) groups is 1. The first-order chi connectivity index (χ1) is 7.83. The van der Waals surface area contributed by atoms with Gasteiger partial charge in [0.15, 0.2) is 0 Å². The molecule has 1 rings (SSSR count). The molecule has 1 saturated heterocycles. The molecule has 0 unspecified atom stereocenters. The van der Waals surface area contributed by atoms with Crippen LogP contribution in [0.2, 0.25) is 0 Å². The van der Waals surface area contributed by atoms with Crippen LogP contribution in [0.4, 0.5) is 4.79 Å². The first kappa shape index (κ1) is 17.3. The van der Waals surface area contributed by atoms with Crippen LogP contribution in [0.15, 0.2) is 5.28 Å². The largest absolute Gasteiger partial charge is 1.00 e. The zero-order chi connectivity index (χ0) is 13.1. The average Bonchev–Trinajstić information content (AvgIpc) is 2.26. The van der Waals surface area contributed by atoms with Gasteiger partial charge in [-0.3, -0.25) is 0 Å². The van der Waals surface area contributed by atoms with Gasteiger partial charge in [0, 0.05) is 18.1 Å². The van der Waals surface area contributed by atoms with Crippen LogP contribution in [0.5, 0.6) is 0 Å². The summed E-state index contributed by atoms with van der Waals surface area (Å²) in [4.78, 5) is 13.2. The second-order valence-corrected chi connectivity index (χ2v) is 4.76. The normalized spacial score (nSPS) is 17.2. The number of hydrogen-bond acceptors (Lipinski definition) is 5. The van der Waals surface area contributed by atoms with Crippen molar-refractivity contribution in [2.75, 3.05) is 26.2 Å². The van der Waals surface area contributed by atoms with E-state index < -0.39 is 11.7 Å². The number of rotatable bonds is 1. The molecule has 0 saturated carbocycles. The fourth-order valence-electron chi connectivity index (χ4n) is 1.43. The van der Waals surface area contributed by atoms with E-state index >= 15 is 0 Å². The van der Waals surface area contributed by atoms with Crippen molar-refractivity contribution in [2.45, 2.75) is 26.4 Å². The number of amides is 1. The molecule has 0 spiro atoms. The second-order valence-electron chi connectivity index (χ2n) is 4.76. The maximum atomic E-state index is 11.7. The Labute approximate surface area is 128 Å². The van der Waals surface area contributed by atoms with Gasteiger partial charge < -0.3 is 20.1 Å². The van der Waals surface area contributed by atoms with Crippen LogP contribution >= 0.6 is 0 Å². The Hall–Kier alpha value is -0.730. The summed E-state index contributed by atoms with van der Waals surface area (Å²) in [7, 11) is 0. The Morgan fingerprint density at radius 2 is 1.78 bits per heavy atom. The van der Waals surface area contributed by atoms with E-state index in [0.717, 1.165) is 0 Å². The summed E-state index contributed by atoms with van der Waals surface area (Å²) in [5.41, 5.74) is -0.539. The second kappa shape index (κ2) is 7.01. The fraction of sp³-hybridized carbons (Fsp3) is 0.889. The van der Waals surface area contributed by atoms with Crippen LogP contribution in [-0.2, 0) is 4.74 Å². The number of hydrogen-bond donors (Lipinski definition) is 0. The molecule has 18 heavy (non-hydrogen) atoms. The molecule has 0 atom stereocenters. The van der Waals surface area contributed by atoms with Gasteiger partial charge in [-0.1, -0.05) is 0 Å². The molecule has 8 nitrogen and oxygen atoms in total. The number of carbonyl (C=O) groups excluding carboxylic acids is 1. The summed E-state index contributed by atoms with van der Waals surface area (Å²) >= 11 is 0. The number of nitrogens with zero attached hydrogens (tertiary/aromatic N) is 4. The molecule has 1 aliphatic heterocycles. The van der Waals surface area contributed by atoms with E-state index in [-0.39, 0.29) is 47.6 Å². The third kappa shape index (κ3) is 5.28. The summed E-state index contributed by atoms with van der Waals surface area (Å²) in [6.45, 7) is 6.58. The van der Waals surface area contributed by atoms with Gasteiger partial charge in [0.25, 0.3) is 0 Å². The molecule has 0 N–H and O–H groups in total. The van der Waals surface area contributed by atoms with Crippen molar-refractivity contribution in [1.29, 1.82) is 0 Å². The predicted molar refractivity (Wildman–Crippen MR) is 58.8 cm³/mol. The van der Waals surface area contributed by atoms with Crippen molar-refractivity contribution < 1.29 is 44.1 Å². The molecule has 98 valence electrons. The third-order valence-electron chi connectivity index (χ3n) is 2.22. The Morgan fingerprint density at radius 3 is 2.17 bits per heavy atom. The fourth-order valence-corrected chi connectivity index (χ4v) is 1.43. The van der Waals surface area contributed by atoms with Crippen LogP contribution < -0.4 is 29.6 Å². The first-order valence-electron chi connectivity index (χ1n) is 5.37. The van der Waals surface area contributed by atoms with Crippen LogP contribution in [0.1, 0.15) is 20.8 Å². The topological polar surface area (TPSA) is 94.3 Å². The predicted octanol–water partition coefficient (Wildman–Crippen LogP) is -2.08. The van der Waals surface area contributed by atoms with E-state index in [1.807, 2.05) is 0 Å². The van der Waals surface area contributed by atoms with Crippen molar-refractivity contribution in [3.63, 3.8) is 0 Å². The Balaban J connectivity index is 0.00000289. The molecular weight excluding hydrogens is 251 g/mol. The SMILES string of the molecule is CC(C)(C)OC(=O)N1CCN([N+]([O-])=N[O-])CC1.[Na+]. The van der Waals surface area contributed by atoms with Gasteiger partial charge in [-0.15, -0.1) is 5.01 Å². The van der Waals surface area contributed by atoms with Gasteiger partial charge in [0.1, 0.15) is 5.60 Å². The van der Waals surface area contributed by atoms with Gasteiger partial charge >= 0.3 is 35.7 Å². The van der Waals surface area contributed by atoms with Gasteiger partial charge in [0.05, 0.1) is 13.1 Å². The molecule has 1 aliphatic rings. The summed E-state index contributed by atoms with van der Waals surface area (Å²) < 4.78 is 5.19. The van der Waals surface area contributed by atoms with Gasteiger partial charge in [0.2, 0.25) is 0 Å². The van der Waals surface area contributed by atoms with Crippen molar-refractivity contribution >= 4 is 6.09 Å². The quantitative estimate of drug-likeness (QED) is 0.235. The van der Waals surface area contributed by atoms with Crippen molar-refractivity contribution in [3.05, 3.63) is 10.4 Å². The summed E-state index contributed by atoms with van der Waals surface area (Å²) in [6, 6.07) is 0. The molecule has 0 aromatic carbocycles. The monoisotopic (exact) mass is 268 g/mol. The van der Waals surface area contributed by atoms with Crippen LogP contribution in [0.3, 0.4) is 0 Å². The molecule has 0 radical (unpaired) electrons. The number of piperazine rings is 1. The minimum absolute atomic E-state index is 0. The maximum Gasteiger partial charge on any atom is 1.00 e. The van der Waals surface area contributed by atoms with Gasteiger partial charge in [-0.25, -0.2) is 4.79 Å². The molecule has 0 aromatic rings. The Morgan fingerprint density at radius 1 is 1.28 bits per heavy atom. The van der Waals surface area contributed by atoms with Gasteiger partial charge in [-0.05, 0) is 26.0 Å². The van der Waals surface area contributed by atoms with Crippen LogP contribution in [0.25, 0.3) is 0 Å². The van der Waals surface area contributed by atoms with E-state index in [1.165, 1.54) is 9.91 Å². The minimum Gasteiger partial charge on any atom is -0.737 e. The van der Waals surface area contributed by atoms with Crippen molar-refractivity contribution in [1.82, 2.24) is 9.91 Å². The van der Waals surface area contributed by atoms with E-state index in [9.17, 15) is 15.2 Å². The van der Waals surface area contributed by atoms with Gasteiger partial charge in [-0.2, -0.15) is 0 Å². The molecule has 1 heterocycles. The number of hydrazine groups is 1. The standard InChI is InChI=1S/C9H18N4O4.Na/c1-9(2,3)17-8(14)11-4-6-12(7-5-11)13(16)10-15;/h15H,4-7H2,1-3H3;/q;+1/p-1. The third-order valence-corrected chi connectivity index (χ3v) is 2.22. The van der Waals surface area contributed by atoms with E-state index in [1.54, 1.807) is 20.8 Å². The van der Waals surface area contributed by atoms with Crippen molar-refractivity contribution in [2.24, 2.45) is 5.28 Å².